The van der Waals surface area contributed by atoms with Crippen LogP contribution in [0.3, 0.4) is 0 Å². The largest absolute Gasteiger partial charge is 0.497 e. The van der Waals surface area contributed by atoms with Crippen LogP contribution in [0.1, 0.15) is 31.4 Å². The second kappa shape index (κ2) is 15.2. The average molecular weight is 614 g/mol. The van der Waals surface area contributed by atoms with Gasteiger partial charge in [-0.25, -0.2) is 8.42 Å². The van der Waals surface area contributed by atoms with E-state index in [1.165, 1.54) is 24.1 Å². The molecule has 2 amide bonds. The Balaban J connectivity index is 1.80. The lowest BCUT2D eigenvalue weighted by Crippen LogP contribution is -2.54. The van der Waals surface area contributed by atoms with Crippen molar-refractivity contribution in [3.05, 3.63) is 126 Å². The molecule has 0 saturated heterocycles. The SMILES string of the molecule is CC[C@@H](C)NC(=O)[C@H](Cc1ccccc1)N(Cc1ccccc1)C(=O)CN(c1cccc(OC)c1)S(=O)(=O)c1ccccc1. The molecule has 0 radical (unpaired) electrons. The highest BCUT2D eigenvalue weighted by Crippen LogP contribution is 2.28. The molecule has 0 heterocycles. The number of rotatable bonds is 14. The summed E-state index contributed by atoms with van der Waals surface area (Å²) in [6.07, 6.45) is 0.974. The van der Waals surface area contributed by atoms with Gasteiger partial charge >= 0.3 is 0 Å². The summed E-state index contributed by atoms with van der Waals surface area (Å²) in [5.41, 5.74) is 1.96. The van der Waals surface area contributed by atoms with E-state index in [-0.39, 0.29) is 35.5 Å². The van der Waals surface area contributed by atoms with Crippen LogP contribution in [0.15, 0.2) is 120 Å². The standard InChI is InChI=1S/C35H39N3O5S/c1-4-27(2)36-35(40)33(23-28-15-8-5-9-16-28)37(25-29-17-10-6-11-18-29)34(39)26-38(30-19-14-20-31(24-30)43-3)44(41,42)32-21-12-7-13-22-32/h5-22,24,27,33H,4,23,25-26H2,1-3H3,(H,36,40)/t27-,33+/m1/s1. The molecule has 0 fully saturated rings. The monoisotopic (exact) mass is 613 g/mol. The Bertz CT molecular complexity index is 1620. The summed E-state index contributed by atoms with van der Waals surface area (Å²) in [5.74, 6) is -0.373. The van der Waals surface area contributed by atoms with Gasteiger partial charge in [-0.05, 0) is 48.7 Å². The summed E-state index contributed by atoms with van der Waals surface area (Å²) in [6, 6.07) is 32.4. The molecular formula is C35H39N3O5S. The van der Waals surface area contributed by atoms with E-state index >= 15 is 0 Å². The van der Waals surface area contributed by atoms with Crippen molar-refractivity contribution in [2.45, 2.75) is 50.2 Å². The van der Waals surface area contributed by atoms with E-state index in [1.807, 2.05) is 74.5 Å². The first-order chi connectivity index (χ1) is 21.2. The Morgan fingerprint density at radius 2 is 1.41 bits per heavy atom. The number of carbonyl (C=O) groups excluding carboxylic acids is 2. The minimum absolute atomic E-state index is 0.0422. The number of amides is 2. The van der Waals surface area contributed by atoms with Crippen LogP contribution in [-0.4, -0.2) is 50.9 Å². The quantitative estimate of drug-likeness (QED) is 0.204. The van der Waals surface area contributed by atoms with Gasteiger partial charge in [-0.2, -0.15) is 0 Å². The molecule has 0 unspecified atom stereocenters. The van der Waals surface area contributed by atoms with Crippen molar-refractivity contribution in [3.63, 3.8) is 0 Å². The molecule has 8 nitrogen and oxygen atoms in total. The molecule has 230 valence electrons. The third-order valence-electron chi connectivity index (χ3n) is 7.42. The maximum absolute atomic E-state index is 14.5. The zero-order valence-electron chi connectivity index (χ0n) is 25.3. The van der Waals surface area contributed by atoms with Crippen LogP contribution in [0.4, 0.5) is 5.69 Å². The van der Waals surface area contributed by atoms with Crippen LogP contribution in [0.25, 0.3) is 0 Å². The van der Waals surface area contributed by atoms with Gasteiger partial charge in [0.1, 0.15) is 18.3 Å². The lowest BCUT2D eigenvalue weighted by atomic mass is 10.0. The summed E-state index contributed by atoms with van der Waals surface area (Å²) in [6.45, 7) is 3.48. The van der Waals surface area contributed by atoms with E-state index < -0.39 is 28.5 Å². The fraction of sp³-hybridized carbons (Fsp3) is 0.257. The molecule has 0 aromatic heterocycles. The highest BCUT2D eigenvalue weighted by atomic mass is 32.2. The van der Waals surface area contributed by atoms with Crippen molar-refractivity contribution in [3.8, 4) is 5.75 Å². The van der Waals surface area contributed by atoms with Crippen LogP contribution in [0.5, 0.6) is 5.75 Å². The van der Waals surface area contributed by atoms with Gasteiger partial charge in [0, 0.05) is 25.1 Å². The molecule has 0 bridgehead atoms. The molecule has 4 rings (SSSR count). The maximum Gasteiger partial charge on any atom is 0.264 e. The van der Waals surface area contributed by atoms with Gasteiger partial charge in [-0.3, -0.25) is 13.9 Å². The molecule has 2 atom stereocenters. The fourth-order valence-electron chi connectivity index (χ4n) is 4.79. The normalized spacial score (nSPS) is 12.5. The second-order valence-corrected chi connectivity index (χ2v) is 12.4. The molecule has 4 aromatic carbocycles. The number of methoxy groups -OCH3 is 1. The first-order valence-corrected chi connectivity index (χ1v) is 16.1. The number of carbonyl (C=O) groups is 2. The number of sulfonamides is 1. The van der Waals surface area contributed by atoms with E-state index in [4.69, 9.17) is 4.74 Å². The summed E-state index contributed by atoms with van der Waals surface area (Å²) in [4.78, 5) is 29.9. The van der Waals surface area contributed by atoms with Crippen molar-refractivity contribution < 1.29 is 22.7 Å². The number of hydrogen-bond acceptors (Lipinski definition) is 5. The summed E-state index contributed by atoms with van der Waals surface area (Å²) in [5, 5.41) is 3.05. The van der Waals surface area contributed by atoms with E-state index in [2.05, 4.69) is 5.32 Å². The third-order valence-corrected chi connectivity index (χ3v) is 9.21. The molecule has 44 heavy (non-hydrogen) atoms. The molecule has 0 aliphatic rings. The molecule has 0 saturated carbocycles. The van der Waals surface area contributed by atoms with Gasteiger partial charge < -0.3 is 15.0 Å². The minimum Gasteiger partial charge on any atom is -0.497 e. The Morgan fingerprint density at radius 3 is 2.00 bits per heavy atom. The van der Waals surface area contributed by atoms with Crippen LogP contribution in [0.2, 0.25) is 0 Å². The predicted octanol–water partition coefficient (Wildman–Crippen LogP) is 5.45. The molecule has 1 N–H and O–H groups in total. The van der Waals surface area contributed by atoms with Gasteiger partial charge in [0.05, 0.1) is 17.7 Å². The third kappa shape index (κ3) is 8.26. The maximum atomic E-state index is 14.5. The van der Waals surface area contributed by atoms with Crippen molar-refractivity contribution in [2.24, 2.45) is 0 Å². The zero-order chi connectivity index (χ0) is 31.5. The minimum atomic E-state index is -4.18. The van der Waals surface area contributed by atoms with Crippen LogP contribution in [0, 0.1) is 0 Å². The molecule has 0 aliphatic carbocycles. The lowest BCUT2D eigenvalue weighted by molar-refractivity contribution is -0.140. The first-order valence-electron chi connectivity index (χ1n) is 14.6. The number of ether oxygens (including phenoxy) is 1. The van der Waals surface area contributed by atoms with Gasteiger partial charge in [-0.1, -0.05) is 91.9 Å². The number of benzene rings is 4. The van der Waals surface area contributed by atoms with E-state index in [9.17, 15) is 18.0 Å². The van der Waals surface area contributed by atoms with Crippen molar-refractivity contribution in [2.75, 3.05) is 18.0 Å². The molecular weight excluding hydrogens is 574 g/mol. The van der Waals surface area contributed by atoms with E-state index in [0.29, 0.717) is 5.75 Å². The zero-order valence-corrected chi connectivity index (χ0v) is 26.1. The van der Waals surface area contributed by atoms with Crippen LogP contribution in [-0.2, 0) is 32.6 Å². The number of nitrogens with zero attached hydrogens (tertiary/aromatic N) is 2. The highest BCUT2D eigenvalue weighted by Gasteiger charge is 2.35. The van der Waals surface area contributed by atoms with E-state index in [0.717, 1.165) is 21.9 Å². The second-order valence-electron chi connectivity index (χ2n) is 10.6. The molecule has 4 aromatic rings. The predicted molar refractivity (Wildman–Crippen MR) is 173 cm³/mol. The first kappa shape index (κ1) is 32.3. The van der Waals surface area contributed by atoms with Crippen LogP contribution < -0.4 is 14.4 Å². The van der Waals surface area contributed by atoms with E-state index in [1.54, 1.807) is 42.5 Å². The van der Waals surface area contributed by atoms with Gasteiger partial charge in [-0.15, -0.1) is 0 Å². The number of anilines is 1. The van der Waals surface area contributed by atoms with Crippen molar-refractivity contribution in [1.29, 1.82) is 0 Å². The molecule has 0 aliphatic heterocycles. The Kier molecular flexibility index (Phi) is 11.2. The van der Waals surface area contributed by atoms with Gasteiger partial charge in [0.15, 0.2) is 0 Å². The summed E-state index contributed by atoms with van der Waals surface area (Å²) in [7, 11) is -2.69. The smallest absolute Gasteiger partial charge is 0.264 e. The number of hydrogen-bond donors (Lipinski definition) is 1. The molecule has 0 spiro atoms. The van der Waals surface area contributed by atoms with Crippen LogP contribution >= 0.6 is 0 Å². The topological polar surface area (TPSA) is 96.0 Å². The Hall–Kier alpha value is -4.63. The summed E-state index contributed by atoms with van der Waals surface area (Å²) < 4.78 is 34.6. The fourth-order valence-corrected chi connectivity index (χ4v) is 6.22. The average Bonchev–Trinajstić information content (AvgIpc) is 3.06. The molecule has 9 heteroatoms. The number of nitrogens with one attached hydrogen (secondary N) is 1. The van der Waals surface area contributed by atoms with Gasteiger partial charge in [0.2, 0.25) is 11.8 Å². The Morgan fingerprint density at radius 1 is 0.818 bits per heavy atom. The Labute approximate surface area is 260 Å². The van der Waals surface area contributed by atoms with Crippen molar-refractivity contribution in [1.82, 2.24) is 10.2 Å². The lowest BCUT2D eigenvalue weighted by Gasteiger charge is -2.34. The summed E-state index contributed by atoms with van der Waals surface area (Å²) >= 11 is 0. The van der Waals surface area contributed by atoms with Crippen molar-refractivity contribution >= 4 is 27.5 Å². The van der Waals surface area contributed by atoms with Gasteiger partial charge in [0.25, 0.3) is 10.0 Å². The highest BCUT2D eigenvalue weighted by molar-refractivity contribution is 7.92.